The van der Waals surface area contributed by atoms with Gasteiger partial charge in [-0.2, -0.15) is 0 Å². The van der Waals surface area contributed by atoms with Crippen LogP contribution in [0.25, 0.3) is 0 Å². The van der Waals surface area contributed by atoms with Crippen LogP contribution in [0, 0.1) is 0 Å². The third-order valence-electron chi connectivity index (χ3n) is 3.10. The van der Waals surface area contributed by atoms with Gasteiger partial charge in [-0.15, -0.1) is 0 Å². The van der Waals surface area contributed by atoms with E-state index in [9.17, 15) is 13.2 Å². The predicted molar refractivity (Wildman–Crippen MR) is 82.0 cm³/mol. The van der Waals surface area contributed by atoms with Crippen LogP contribution in [0.15, 0.2) is 52.0 Å². The van der Waals surface area contributed by atoms with Crippen LogP contribution >= 0.6 is 0 Å². The maximum absolute atomic E-state index is 12.3. The monoisotopic (exact) mass is 322 g/mol. The molecule has 1 amide bonds. The number of amides is 1. The van der Waals surface area contributed by atoms with Crippen LogP contribution < -0.4 is 10.0 Å². The number of hydrogen-bond donors (Lipinski definition) is 2. The minimum Gasteiger partial charge on any atom is -0.469 e. The van der Waals surface area contributed by atoms with Crippen molar-refractivity contribution < 1.29 is 17.6 Å². The molecule has 7 heteroatoms. The van der Waals surface area contributed by atoms with E-state index in [4.69, 9.17) is 4.42 Å². The highest BCUT2D eigenvalue weighted by Gasteiger charge is 2.18. The first-order valence-electron chi connectivity index (χ1n) is 6.79. The number of sulfonamides is 1. The first-order valence-corrected chi connectivity index (χ1v) is 8.27. The second kappa shape index (κ2) is 6.76. The zero-order valence-electron chi connectivity index (χ0n) is 12.4. The summed E-state index contributed by atoms with van der Waals surface area (Å²) in [5.41, 5.74) is 0.407. The molecular formula is C15H18N2O4S. The van der Waals surface area contributed by atoms with Gasteiger partial charge < -0.3 is 9.73 Å². The zero-order valence-corrected chi connectivity index (χ0v) is 13.2. The third-order valence-corrected chi connectivity index (χ3v) is 4.70. The minimum atomic E-state index is -3.64. The molecule has 0 aliphatic rings. The lowest BCUT2D eigenvalue weighted by Gasteiger charge is -2.13. The Morgan fingerprint density at radius 3 is 2.45 bits per heavy atom. The average Bonchev–Trinajstić information content (AvgIpc) is 2.98. The Kier molecular flexibility index (Phi) is 4.99. The predicted octanol–water partition coefficient (Wildman–Crippen LogP) is 1.55. The Morgan fingerprint density at radius 2 is 1.91 bits per heavy atom. The standard InChI is InChI=1S/C15H18N2O4S/c1-11(10-13-4-3-9-21-13)17-22(19,20)14-7-5-12(6-8-14)15(18)16-2/h3-9,11,17H,10H2,1-2H3,(H,16,18)/t11-/m0/s1. The van der Waals surface area contributed by atoms with Crippen molar-refractivity contribution in [2.75, 3.05) is 7.05 Å². The van der Waals surface area contributed by atoms with E-state index in [1.807, 2.05) is 0 Å². The van der Waals surface area contributed by atoms with Crippen LogP contribution in [0.5, 0.6) is 0 Å². The van der Waals surface area contributed by atoms with Gasteiger partial charge in [-0.05, 0) is 43.3 Å². The Hall–Kier alpha value is -2.12. The van der Waals surface area contributed by atoms with Gasteiger partial charge in [0.2, 0.25) is 10.0 Å². The van der Waals surface area contributed by atoms with Crippen molar-refractivity contribution in [2.24, 2.45) is 0 Å². The fraction of sp³-hybridized carbons (Fsp3) is 0.267. The number of carbonyl (C=O) groups excluding carboxylic acids is 1. The van der Waals surface area contributed by atoms with Crippen LogP contribution in [0.4, 0.5) is 0 Å². The summed E-state index contributed by atoms with van der Waals surface area (Å²) in [4.78, 5) is 11.6. The summed E-state index contributed by atoms with van der Waals surface area (Å²) in [5.74, 6) is 0.452. The molecule has 2 N–H and O–H groups in total. The van der Waals surface area contributed by atoms with Gasteiger partial charge in [0.25, 0.3) is 5.91 Å². The largest absolute Gasteiger partial charge is 0.469 e. The minimum absolute atomic E-state index is 0.117. The smallest absolute Gasteiger partial charge is 0.251 e. The zero-order chi connectivity index (χ0) is 16.2. The normalized spacial score (nSPS) is 12.8. The van der Waals surface area contributed by atoms with E-state index in [0.717, 1.165) is 0 Å². The summed E-state index contributed by atoms with van der Waals surface area (Å²) >= 11 is 0. The quantitative estimate of drug-likeness (QED) is 0.844. The second-order valence-electron chi connectivity index (χ2n) is 4.91. The number of hydrogen-bond acceptors (Lipinski definition) is 4. The number of rotatable bonds is 6. The summed E-state index contributed by atoms with van der Waals surface area (Å²) in [6.45, 7) is 1.76. The Bertz CT molecular complexity index is 721. The van der Waals surface area contributed by atoms with Gasteiger partial charge in [0.15, 0.2) is 0 Å². The van der Waals surface area contributed by atoms with E-state index in [1.54, 1.807) is 25.3 Å². The maximum atomic E-state index is 12.3. The highest BCUT2D eigenvalue weighted by atomic mass is 32.2. The first-order chi connectivity index (χ1) is 10.4. The molecule has 2 rings (SSSR count). The van der Waals surface area contributed by atoms with Crippen LogP contribution in [-0.2, 0) is 16.4 Å². The van der Waals surface area contributed by atoms with Crippen molar-refractivity contribution in [3.05, 3.63) is 54.0 Å². The lowest BCUT2D eigenvalue weighted by molar-refractivity contribution is 0.0963. The highest BCUT2D eigenvalue weighted by molar-refractivity contribution is 7.89. The van der Waals surface area contributed by atoms with E-state index in [2.05, 4.69) is 10.0 Å². The summed E-state index contributed by atoms with van der Waals surface area (Å²) in [7, 11) is -2.12. The number of benzene rings is 1. The van der Waals surface area contributed by atoms with Crippen molar-refractivity contribution in [2.45, 2.75) is 24.3 Å². The molecule has 0 radical (unpaired) electrons. The molecule has 0 aliphatic heterocycles. The SMILES string of the molecule is CNC(=O)c1ccc(S(=O)(=O)N[C@@H](C)Cc2ccco2)cc1. The fourth-order valence-corrected chi connectivity index (χ4v) is 3.28. The van der Waals surface area contributed by atoms with Crippen LogP contribution in [0.3, 0.4) is 0 Å². The molecule has 1 atom stereocenters. The summed E-state index contributed by atoms with van der Waals surface area (Å²) in [6, 6.07) is 9.01. The number of carbonyl (C=O) groups is 1. The van der Waals surface area contributed by atoms with Crippen LogP contribution in [0.2, 0.25) is 0 Å². The average molecular weight is 322 g/mol. The van der Waals surface area contributed by atoms with E-state index < -0.39 is 10.0 Å². The van der Waals surface area contributed by atoms with Crippen molar-refractivity contribution in [3.63, 3.8) is 0 Å². The molecule has 0 bridgehead atoms. The molecule has 0 saturated carbocycles. The molecule has 1 heterocycles. The van der Waals surface area contributed by atoms with Gasteiger partial charge in [-0.1, -0.05) is 0 Å². The van der Waals surface area contributed by atoms with Crippen LogP contribution in [-0.4, -0.2) is 27.4 Å². The van der Waals surface area contributed by atoms with E-state index in [-0.39, 0.29) is 16.8 Å². The molecule has 118 valence electrons. The van der Waals surface area contributed by atoms with Gasteiger partial charge in [0.1, 0.15) is 5.76 Å². The molecule has 0 fully saturated rings. The van der Waals surface area contributed by atoms with E-state index >= 15 is 0 Å². The molecule has 1 aromatic heterocycles. The topological polar surface area (TPSA) is 88.4 Å². The molecule has 0 saturated heterocycles. The molecular weight excluding hydrogens is 304 g/mol. The Balaban J connectivity index is 2.07. The van der Waals surface area contributed by atoms with Crippen molar-refractivity contribution in [1.29, 1.82) is 0 Å². The van der Waals surface area contributed by atoms with Gasteiger partial charge in [0.05, 0.1) is 11.2 Å². The van der Waals surface area contributed by atoms with Crippen molar-refractivity contribution in [1.82, 2.24) is 10.0 Å². The van der Waals surface area contributed by atoms with Gasteiger partial charge >= 0.3 is 0 Å². The lowest BCUT2D eigenvalue weighted by atomic mass is 10.2. The fourth-order valence-electron chi connectivity index (χ4n) is 2.03. The number of nitrogens with one attached hydrogen (secondary N) is 2. The summed E-state index contributed by atoms with van der Waals surface area (Å²) < 4.78 is 32.3. The van der Waals surface area contributed by atoms with Gasteiger partial charge in [-0.3, -0.25) is 4.79 Å². The van der Waals surface area contributed by atoms with Gasteiger partial charge in [0, 0.05) is 25.1 Å². The Labute approximate surface area is 129 Å². The first kappa shape index (κ1) is 16.3. The molecule has 0 aliphatic carbocycles. The van der Waals surface area contributed by atoms with Crippen LogP contribution in [0.1, 0.15) is 23.0 Å². The highest BCUT2D eigenvalue weighted by Crippen LogP contribution is 2.12. The molecule has 22 heavy (non-hydrogen) atoms. The van der Waals surface area contributed by atoms with E-state index in [1.165, 1.54) is 31.3 Å². The molecule has 0 unspecified atom stereocenters. The number of furan rings is 1. The van der Waals surface area contributed by atoms with E-state index in [0.29, 0.717) is 17.7 Å². The second-order valence-corrected chi connectivity index (χ2v) is 6.62. The molecule has 1 aromatic carbocycles. The van der Waals surface area contributed by atoms with Gasteiger partial charge in [-0.25, -0.2) is 13.1 Å². The van der Waals surface area contributed by atoms with Crippen molar-refractivity contribution >= 4 is 15.9 Å². The molecule has 6 nitrogen and oxygen atoms in total. The van der Waals surface area contributed by atoms with Crippen molar-refractivity contribution in [3.8, 4) is 0 Å². The summed E-state index contributed by atoms with van der Waals surface area (Å²) in [6.07, 6.45) is 2.01. The maximum Gasteiger partial charge on any atom is 0.251 e. The molecule has 0 spiro atoms. The lowest BCUT2D eigenvalue weighted by Crippen LogP contribution is -2.34. The molecule has 2 aromatic rings. The Morgan fingerprint density at radius 1 is 1.23 bits per heavy atom. The third kappa shape index (κ3) is 3.96. The summed E-state index contributed by atoms with van der Waals surface area (Å²) in [5, 5.41) is 2.48.